The fourth-order valence-electron chi connectivity index (χ4n) is 2.91. The Bertz CT molecular complexity index is 895. The molecule has 0 saturated carbocycles. The molecule has 4 heteroatoms. The first-order valence-corrected chi connectivity index (χ1v) is 8.04. The Hall–Kier alpha value is -2.88. The van der Waals surface area contributed by atoms with Crippen LogP contribution in [-0.4, -0.2) is 15.5 Å². The Morgan fingerprint density at radius 2 is 1.96 bits per heavy atom. The molecule has 0 bridgehead atoms. The monoisotopic (exact) mass is 319 g/mol. The zero-order chi connectivity index (χ0) is 17.1. The zero-order valence-corrected chi connectivity index (χ0v) is 14.0. The van der Waals surface area contributed by atoms with Gasteiger partial charge in [-0.3, -0.25) is 4.79 Å². The molecule has 0 spiro atoms. The highest BCUT2D eigenvalue weighted by molar-refractivity contribution is 5.95. The van der Waals surface area contributed by atoms with Crippen molar-refractivity contribution in [1.82, 2.24) is 14.9 Å². The van der Waals surface area contributed by atoms with Crippen LogP contribution in [0.4, 0.5) is 0 Å². The molecule has 0 unspecified atom stereocenters. The number of nitrogens with one attached hydrogen (secondary N) is 1. The Balaban J connectivity index is 1.92. The van der Waals surface area contributed by atoms with Gasteiger partial charge in [-0.15, -0.1) is 6.58 Å². The van der Waals surface area contributed by atoms with Crippen LogP contribution in [0, 0.1) is 6.92 Å². The number of fused-ring (bicyclic) bond motifs is 1. The second kappa shape index (κ2) is 6.71. The highest BCUT2D eigenvalue weighted by atomic mass is 16.1. The minimum absolute atomic E-state index is 0.0854. The number of amides is 1. The third kappa shape index (κ3) is 2.95. The van der Waals surface area contributed by atoms with Crippen molar-refractivity contribution in [2.24, 2.45) is 0 Å². The van der Waals surface area contributed by atoms with Crippen LogP contribution in [0.1, 0.15) is 34.7 Å². The van der Waals surface area contributed by atoms with Gasteiger partial charge < -0.3 is 9.88 Å². The molecule has 2 aromatic carbocycles. The van der Waals surface area contributed by atoms with Crippen LogP contribution in [0.5, 0.6) is 0 Å². The molecule has 4 nitrogen and oxygen atoms in total. The Morgan fingerprint density at radius 3 is 2.71 bits per heavy atom. The van der Waals surface area contributed by atoms with Crippen LogP contribution >= 0.6 is 0 Å². The number of benzene rings is 2. The molecule has 0 aliphatic rings. The molecule has 3 rings (SSSR count). The van der Waals surface area contributed by atoms with Crippen LogP contribution in [0.15, 0.2) is 61.2 Å². The predicted octanol–water partition coefficient (Wildman–Crippen LogP) is 4.02. The minimum Gasteiger partial charge on any atom is -0.342 e. The molecule has 1 aromatic heterocycles. The summed E-state index contributed by atoms with van der Waals surface area (Å²) >= 11 is 0. The van der Waals surface area contributed by atoms with Gasteiger partial charge in [0.2, 0.25) is 0 Å². The highest BCUT2D eigenvalue weighted by Gasteiger charge is 2.19. The number of imidazole rings is 1. The maximum absolute atomic E-state index is 12.6. The molecule has 1 amide bonds. The van der Waals surface area contributed by atoms with Gasteiger partial charge in [-0.25, -0.2) is 4.98 Å². The van der Waals surface area contributed by atoms with E-state index in [1.165, 1.54) is 0 Å². The molecule has 1 N–H and O–H groups in total. The van der Waals surface area contributed by atoms with Gasteiger partial charge in [0.15, 0.2) is 0 Å². The summed E-state index contributed by atoms with van der Waals surface area (Å²) in [6, 6.07) is 15.3. The number of aromatic nitrogens is 2. The number of aryl methyl sites for hydroxylation is 1. The van der Waals surface area contributed by atoms with Crippen molar-refractivity contribution in [3.8, 4) is 0 Å². The second-order valence-electron chi connectivity index (χ2n) is 5.87. The molecule has 24 heavy (non-hydrogen) atoms. The summed E-state index contributed by atoms with van der Waals surface area (Å²) in [5.41, 5.74) is 3.62. The number of carbonyl (C=O) groups excluding carboxylic acids is 1. The number of hydrogen-bond donors (Lipinski definition) is 1. The van der Waals surface area contributed by atoms with Gasteiger partial charge in [-0.1, -0.05) is 36.4 Å². The molecule has 0 saturated heterocycles. The Morgan fingerprint density at radius 1 is 1.25 bits per heavy atom. The average Bonchev–Trinajstić information content (AvgIpc) is 2.94. The standard InChI is InChI=1S/C20H21N3O/c1-4-13-23-18-12-8-7-11-17(18)22-19(23)15(3)21-20(24)16-10-6-5-9-14(16)2/h4-12,15H,1,13H2,2-3H3,(H,21,24)/t15-/m1/s1. The van der Waals surface area contributed by atoms with Crippen molar-refractivity contribution in [1.29, 1.82) is 0 Å². The van der Waals surface area contributed by atoms with E-state index in [0.717, 1.165) is 22.4 Å². The summed E-state index contributed by atoms with van der Waals surface area (Å²) in [5.74, 6) is 0.746. The molecule has 0 fully saturated rings. The van der Waals surface area contributed by atoms with E-state index in [1.54, 1.807) is 0 Å². The van der Waals surface area contributed by atoms with E-state index in [2.05, 4.69) is 16.5 Å². The molecule has 1 atom stereocenters. The fourth-order valence-corrected chi connectivity index (χ4v) is 2.91. The predicted molar refractivity (Wildman–Crippen MR) is 97.0 cm³/mol. The van der Waals surface area contributed by atoms with Gasteiger partial charge in [0.05, 0.1) is 17.1 Å². The van der Waals surface area contributed by atoms with Crippen LogP contribution in [0.2, 0.25) is 0 Å². The van der Waals surface area contributed by atoms with Crippen LogP contribution in [-0.2, 0) is 6.54 Å². The number of allylic oxidation sites excluding steroid dienone is 1. The minimum atomic E-state index is -0.204. The Kier molecular flexibility index (Phi) is 4.47. The summed E-state index contributed by atoms with van der Waals surface area (Å²) in [6.07, 6.45) is 1.84. The first-order chi connectivity index (χ1) is 11.6. The largest absolute Gasteiger partial charge is 0.342 e. The van der Waals surface area contributed by atoms with Crippen molar-refractivity contribution in [2.75, 3.05) is 0 Å². The van der Waals surface area contributed by atoms with E-state index >= 15 is 0 Å². The summed E-state index contributed by atoms with van der Waals surface area (Å²) in [4.78, 5) is 17.3. The van der Waals surface area contributed by atoms with Gasteiger partial charge in [-0.2, -0.15) is 0 Å². The fraction of sp³-hybridized carbons (Fsp3) is 0.200. The lowest BCUT2D eigenvalue weighted by molar-refractivity contribution is 0.0937. The molecule has 1 heterocycles. The van der Waals surface area contributed by atoms with Gasteiger partial charge in [-0.05, 0) is 37.6 Å². The van der Waals surface area contributed by atoms with Crippen molar-refractivity contribution in [3.05, 3.63) is 78.1 Å². The number of carbonyl (C=O) groups is 1. The first kappa shape index (κ1) is 16.0. The van der Waals surface area contributed by atoms with Crippen LogP contribution < -0.4 is 5.32 Å². The van der Waals surface area contributed by atoms with Gasteiger partial charge >= 0.3 is 0 Å². The number of rotatable bonds is 5. The summed E-state index contributed by atoms with van der Waals surface area (Å²) in [6.45, 7) is 8.37. The van der Waals surface area contributed by atoms with Gasteiger partial charge in [0.1, 0.15) is 5.82 Å². The third-order valence-corrected chi connectivity index (χ3v) is 4.12. The average molecular weight is 319 g/mol. The normalized spacial score (nSPS) is 12.1. The maximum Gasteiger partial charge on any atom is 0.252 e. The highest BCUT2D eigenvalue weighted by Crippen LogP contribution is 2.21. The smallest absolute Gasteiger partial charge is 0.252 e. The van der Waals surface area contributed by atoms with Crippen molar-refractivity contribution in [2.45, 2.75) is 26.4 Å². The SMILES string of the molecule is C=CCn1c([C@@H](C)NC(=O)c2ccccc2C)nc2ccccc21. The zero-order valence-electron chi connectivity index (χ0n) is 14.0. The Labute approximate surface area is 141 Å². The summed E-state index contributed by atoms with van der Waals surface area (Å²) < 4.78 is 2.09. The van der Waals surface area contributed by atoms with Crippen molar-refractivity contribution >= 4 is 16.9 Å². The number of nitrogens with zero attached hydrogens (tertiary/aromatic N) is 2. The lowest BCUT2D eigenvalue weighted by atomic mass is 10.1. The molecule has 0 aliphatic carbocycles. The van der Waals surface area contributed by atoms with E-state index in [4.69, 9.17) is 4.98 Å². The molecule has 0 radical (unpaired) electrons. The topological polar surface area (TPSA) is 46.9 Å². The van der Waals surface area contributed by atoms with Gasteiger partial charge in [0.25, 0.3) is 5.91 Å². The van der Waals surface area contributed by atoms with Crippen LogP contribution in [0.25, 0.3) is 11.0 Å². The quantitative estimate of drug-likeness (QED) is 0.722. The molecule has 3 aromatic rings. The first-order valence-electron chi connectivity index (χ1n) is 8.04. The number of para-hydroxylation sites is 2. The van der Waals surface area contributed by atoms with E-state index in [-0.39, 0.29) is 11.9 Å². The lowest BCUT2D eigenvalue weighted by Gasteiger charge is -2.16. The van der Waals surface area contributed by atoms with E-state index in [9.17, 15) is 4.79 Å². The summed E-state index contributed by atoms with van der Waals surface area (Å²) in [7, 11) is 0. The molecule has 122 valence electrons. The summed E-state index contributed by atoms with van der Waals surface area (Å²) in [5, 5.41) is 3.06. The van der Waals surface area contributed by atoms with E-state index < -0.39 is 0 Å². The van der Waals surface area contributed by atoms with Crippen LogP contribution in [0.3, 0.4) is 0 Å². The molecular formula is C20H21N3O. The van der Waals surface area contributed by atoms with Crippen molar-refractivity contribution < 1.29 is 4.79 Å². The second-order valence-corrected chi connectivity index (χ2v) is 5.87. The van der Waals surface area contributed by atoms with E-state index in [0.29, 0.717) is 12.1 Å². The van der Waals surface area contributed by atoms with Gasteiger partial charge in [0, 0.05) is 12.1 Å². The van der Waals surface area contributed by atoms with Crippen molar-refractivity contribution in [3.63, 3.8) is 0 Å². The molecule has 0 aliphatic heterocycles. The number of hydrogen-bond acceptors (Lipinski definition) is 2. The third-order valence-electron chi connectivity index (χ3n) is 4.12. The molecular weight excluding hydrogens is 298 g/mol. The lowest BCUT2D eigenvalue weighted by Crippen LogP contribution is -2.29. The maximum atomic E-state index is 12.6. The van der Waals surface area contributed by atoms with E-state index in [1.807, 2.05) is 68.5 Å².